The Hall–Kier alpha value is -0.890. The normalized spacial score (nSPS) is 12.3. The number of thiazole rings is 1. The van der Waals surface area contributed by atoms with Gasteiger partial charge in [0.1, 0.15) is 0 Å². The summed E-state index contributed by atoms with van der Waals surface area (Å²) in [6.45, 7) is 0. The van der Waals surface area contributed by atoms with Gasteiger partial charge in [0.25, 0.3) is 0 Å². The number of nitrogens with two attached hydrogens (primary N) is 1. The maximum Gasteiger partial charge on any atom is 0.0795 e. The highest BCUT2D eigenvalue weighted by atomic mass is 32.1. The fourth-order valence-corrected chi connectivity index (χ4v) is 1.73. The van der Waals surface area contributed by atoms with Crippen LogP contribution in [0.3, 0.4) is 0 Å². The standard InChI is InChI=1S/C9H13N3S/c1-2-3-4-5-8(12-10)9-6-13-7-11-9/h1,6-8,12H,3-5,10H2. The molecule has 3 nitrogen and oxygen atoms in total. The summed E-state index contributed by atoms with van der Waals surface area (Å²) in [7, 11) is 0. The van der Waals surface area contributed by atoms with Gasteiger partial charge in [0.2, 0.25) is 0 Å². The quantitative estimate of drug-likeness (QED) is 0.323. The van der Waals surface area contributed by atoms with Crippen molar-refractivity contribution in [2.24, 2.45) is 5.84 Å². The largest absolute Gasteiger partial charge is 0.271 e. The number of hydrogen-bond donors (Lipinski definition) is 2. The zero-order valence-electron chi connectivity index (χ0n) is 7.36. The zero-order valence-corrected chi connectivity index (χ0v) is 8.18. The van der Waals surface area contributed by atoms with Crippen molar-refractivity contribution in [2.75, 3.05) is 0 Å². The fourth-order valence-electron chi connectivity index (χ4n) is 1.12. The van der Waals surface area contributed by atoms with Crippen LogP contribution in [0.5, 0.6) is 0 Å². The van der Waals surface area contributed by atoms with Gasteiger partial charge in [0, 0.05) is 11.8 Å². The third kappa shape index (κ3) is 3.15. The molecule has 3 N–H and O–H groups in total. The van der Waals surface area contributed by atoms with E-state index in [0.717, 1.165) is 25.0 Å². The minimum atomic E-state index is 0.139. The van der Waals surface area contributed by atoms with Gasteiger partial charge in [-0.15, -0.1) is 23.7 Å². The van der Waals surface area contributed by atoms with Crippen LogP contribution in [0.4, 0.5) is 0 Å². The molecule has 1 aromatic rings. The molecular weight excluding hydrogens is 182 g/mol. The van der Waals surface area contributed by atoms with Crippen molar-refractivity contribution in [3.63, 3.8) is 0 Å². The molecule has 0 saturated carbocycles. The van der Waals surface area contributed by atoms with Crippen LogP contribution in [0.15, 0.2) is 10.9 Å². The van der Waals surface area contributed by atoms with Crippen LogP contribution in [0.1, 0.15) is 31.0 Å². The van der Waals surface area contributed by atoms with E-state index in [2.05, 4.69) is 16.3 Å². The molecule has 0 bridgehead atoms. The Bertz CT molecular complexity index is 263. The molecule has 0 aliphatic carbocycles. The minimum absolute atomic E-state index is 0.139. The first-order valence-electron chi connectivity index (χ1n) is 4.16. The molecule has 0 radical (unpaired) electrons. The van der Waals surface area contributed by atoms with E-state index in [1.165, 1.54) is 0 Å². The van der Waals surface area contributed by atoms with E-state index in [-0.39, 0.29) is 6.04 Å². The summed E-state index contributed by atoms with van der Waals surface area (Å²) in [4.78, 5) is 4.19. The third-order valence-corrected chi connectivity index (χ3v) is 2.43. The highest BCUT2D eigenvalue weighted by molar-refractivity contribution is 7.07. The molecule has 13 heavy (non-hydrogen) atoms. The summed E-state index contributed by atoms with van der Waals surface area (Å²) in [6.07, 6.45) is 7.86. The van der Waals surface area contributed by atoms with E-state index in [1.54, 1.807) is 16.8 Å². The lowest BCUT2D eigenvalue weighted by Crippen LogP contribution is -2.28. The van der Waals surface area contributed by atoms with E-state index in [4.69, 9.17) is 12.3 Å². The molecule has 0 aliphatic rings. The van der Waals surface area contributed by atoms with Crippen molar-refractivity contribution in [3.05, 3.63) is 16.6 Å². The molecule has 0 saturated heterocycles. The van der Waals surface area contributed by atoms with E-state index in [1.807, 2.05) is 5.38 Å². The molecule has 0 aliphatic heterocycles. The fraction of sp³-hybridized carbons (Fsp3) is 0.444. The van der Waals surface area contributed by atoms with Gasteiger partial charge >= 0.3 is 0 Å². The van der Waals surface area contributed by atoms with Crippen molar-refractivity contribution in [1.82, 2.24) is 10.4 Å². The number of aromatic nitrogens is 1. The number of unbranched alkanes of at least 4 members (excludes halogenated alkanes) is 1. The van der Waals surface area contributed by atoms with Gasteiger partial charge in [0.15, 0.2) is 0 Å². The lowest BCUT2D eigenvalue weighted by atomic mass is 10.1. The van der Waals surface area contributed by atoms with Crippen LogP contribution in [-0.4, -0.2) is 4.98 Å². The average molecular weight is 195 g/mol. The van der Waals surface area contributed by atoms with Gasteiger partial charge in [-0.1, -0.05) is 0 Å². The number of terminal acetylenes is 1. The zero-order chi connectivity index (χ0) is 9.52. The predicted octanol–water partition coefficient (Wildman–Crippen LogP) is 1.45. The molecule has 0 aromatic carbocycles. The summed E-state index contributed by atoms with van der Waals surface area (Å²) in [6, 6.07) is 0.139. The average Bonchev–Trinajstić information content (AvgIpc) is 2.65. The lowest BCUT2D eigenvalue weighted by Gasteiger charge is -2.11. The van der Waals surface area contributed by atoms with E-state index in [9.17, 15) is 0 Å². The Labute approximate surface area is 82.3 Å². The minimum Gasteiger partial charge on any atom is -0.271 e. The van der Waals surface area contributed by atoms with Gasteiger partial charge < -0.3 is 0 Å². The summed E-state index contributed by atoms with van der Waals surface area (Å²) in [5, 5.41) is 2.00. The molecule has 1 heterocycles. The second kappa shape index (κ2) is 5.70. The van der Waals surface area contributed by atoms with E-state index < -0.39 is 0 Å². The van der Waals surface area contributed by atoms with Crippen molar-refractivity contribution >= 4 is 11.3 Å². The summed E-state index contributed by atoms with van der Waals surface area (Å²) in [5.41, 5.74) is 5.55. The lowest BCUT2D eigenvalue weighted by molar-refractivity contribution is 0.493. The second-order valence-electron chi connectivity index (χ2n) is 2.73. The molecule has 1 aromatic heterocycles. The van der Waals surface area contributed by atoms with Crippen LogP contribution in [-0.2, 0) is 0 Å². The Morgan fingerprint density at radius 3 is 3.15 bits per heavy atom. The Morgan fingerprint density at radius 1 is 1.77 bits per heavy atom. The summed E-state index contributed by atoms with van der Waals surface area (Å²) in [5.74, 6) is 8.02. The topological polar surface area (TPSA) is 50.9 Å². The van der Waals surface area contributed by atoms with Crippen molar-refractivity contribution in [1.29, 1.82) is 0 Å². The first-order chi connectivity index (χ1) is 6.38. The first-order valence-corrected chi connectivity index (χ1v) is 5.10. The molecule has 0 fully saturated rings. The first kappa shape index (κ1) is 10.2. The highest BCUT2D eigenvalue weighted by Crippen LogP contribution is 2.17. The molecular formula is C9H13N3S. The van der Waals surface area contributed by atoms with Crippen LogP contribution in [0.2, 0.25) is 0 Å². The molecule has 1 unspecified atom stereocenters. The van der Waals surface area contributed by atoms with E-state index >= 15 is 0 Å². The Balaban J connectivity index is 2.41. The Kier molecular flexibility index (Phi) is 4.47. The number of nitrogens with zero attached hydrogens (tertiary/aromatic N) is 1. The number of rotatable bonds is 5. The third-order valence-electron chi connectivity index (χ3n) is 1.82. The van der Waals surface area contributed by atoms with Gasteiger partial charge in [-0.25, -0.2) is 4.98 Å². The van der Waals surface area contributed by atoms with Crippen LogP contribution in [0, 0.1) is 12.3 Å². The number of hydrogen-bond acceptors (Lipinski definition) is 4. The van der Waals surface area contributed by atoms with Crippen LogP contribution < -0.4 is 11.3 Å². The second-order valence-corrected chi connectivity index (χ2v) is 3.45. The van der Waals surface area contributed by atoms with E-state index in [0.29, 0.717) is 0 Å². The SMILES string of the molecule is C#CCCCC(NN)c1cscn1. The van der Waals surface area contributed by atoms with Crippen molar-refractivity contribution in [3.8, 4) is 12.3 Å². The van der Waals surface area contributed by atoms with Crippen LogP contribution in [0.25, 0.3) is 0 Å². The number of nitrogens with one attached hydrogen (secondary N) is 1. The van der Waals surface area contributed by atoms with Crippen molar-refractivity contribution < 1.29 is 0 Å². The predicted molar refractivity (Wildman–Crippen MR) is 54.9 cm³/mol. The maximum atomic E-state index is 5.41. The monoisotopic (exact) mass is 195 g/mol. The smallest absolute Gasteiger partial charge is 0.0795 e. The molecule has 0 amide bonds. The number of hydrazine groups is 1. The maximum absolute atomic E-state index is 5.41. The summed E-state index contributed by atoms with van der Waals surface area (Å²) >= 11 is 1.58. The highest BCUT2D eigenvalue weighted by Gasteiger charge is 2.10. The molecule has 1 rings (SSSR count). The van der Waals surface area contributed by atoms with Gasteiger partial charge in [0.05, 0.1) is 17.2 Å². The summed E-state index contributed by atoms with van der Waals surface area (Å²) < 4.78 is 0. The molecule has 0 spiro atoms. The molecule has 1 atom stereocenters. The molecule has 4 heteroatoms. The van der Waals surface area contributed by atoms with Crippen LogP contribution >= 0.6 is 11.3 Å². The van der Waals surface area contributed by atoms with Crippen molar-refractivity contribution in [2.45, 2.75) is 25.3 Å². The van der Waals surface area contributed by atoms with Gasteiger partial charge in [-0.3, -0.25) is 11.3 Å². The molecule has 70 valence electrons. The van der Waals surface area contributed by atoms with Gasteiger partial charge in [-0.2, -0.15) is 0 Å². The van der Waals surface area contributed by atoms with Gasteiger partial charge in [-0.05, 0) is 12.8 Å². The Morgan fingerprint density at radius 2 is 2.62 bits per heavy atom.